The minimum atomic E-state index is -2.98. The number of ether oxygens (including phenoxy) is 2. The molecule has 0 bridgehead atoms. The van der Waals surface area contributed by atoms with Gasteiger partial charge in [0.05, 0.1) is 19.8 Å². The van der Waals surface area contributed by atoms with Gasteiger partial charge in [0, 0.05) is 6.54 Å². The molecule has 2 N–H and O–H groups in total. The lowest BCUT2D eigenvalue weighted by Crippen LogP contribution is -2.23. The van der Waals surface area contributed by atoms with Crippen molar-refractivity contribution in [2.24, 2.45) is 0 Å². The second kappa shape index (κ2) is 7.51. The van der Waals surface area contributed by atoms with Crippen molar-refractivity contribution in [3.63, 3.8) is 0 Å². The zero-order chi connectivity index (χ0) is 14.3. The van der Waals surface area contributed by atoms with Gasteiger partial charge in [-0.25, -0.2) is 0 Å². The Hall–Kier alpha value is -1.91. The molecule has 0 spiro atoms. The topological polar surface area (TPSA) is 74.5 Å². The molecule has 0 amide bonds. The molecule has 1 atom stereocenters. The summed E-state index contributed by atoms with van der Waals surface area (Å²) in [6, 6.07) is 5.56. The largest absolute Gasteiger partial charge is 0.493 e. The van der Waals surface area contributed by atoms with Crippen molar-refractivity contribution in [3.05, 3.63) is 23.8 Å². The van der Waals surface area contributed by atoms with Crippen LogP contribution in [-0.4, -0.2) is 32.0 Å². The lowest BCUT2D eigenvalue weighted by atomic mass is 10.1. The van der Waals surface area contributed by atoms with E-state index in [9.17, 15) is 8.78 Å². The molecule has 0 aliphatic carbocycles. The molecule has 1 unspecified atom stereocenters. The van der Waals surface area contributed by atoms with Crippen molar-refractivity contribution < 1.29 is 23.4 Å². The quantitative estimate of drug-likeness (QED) is 0.785. The first kappa shape index (κ1) is 15.1. The van der Waals surface area contributed by atoms with E-state index in [0.717, 1.165) is 0 Å². The van der Waals surface area contributed by atoms with Crippen LogP contribution in [0.2, 0.25) is 0 Å². The number of hydrogen-bond donors (Lipinski definition) is 2. The molecule has 1 rings (SSSR count). The first-order valence-electron chi connectivity index (χ1n) is 5.49. The Bertz CT molecular complexity index is 449. The molecular formula is C12H14F2N2O3. The maximum Gasteiger partial charge on any atom is 0.387 e. The first-order valence-corrected chi connectivity index (χ1v) is 5.49. The zero-order valence-electron chi connectivity index (χ0n) is 10.3. The number of alkyl halides is 2. The van der Waals surface area contributed by atoms with Gasteiger partial charge in [0.15, 0.2) is 11.5 Å². The van der Waals surface area contributed by atoms with Gasteiger partial charge < -0.3 is 14.6 Å². The number of methoxy groups -OCH3 is 1. The molecule has 0 heterocycles. The Balaban J connectivity index is 2.98. The van der Waals surface area contributed by atoms with Crippen LogP contribution in [-0.2, 0) is 0 Å². The van der Waals surface area contributed by atoms with Crippen LogP contribution in [0.5, 0.6) is 11.5 Å². The molecule has 0 aromatic heterocycles. The summed E-state index contributed by atoms with van der Waals surface area (Å²) in [7, 11) is 1.33. The number of nitriles is 1. The Morgan fingerprint density at radius 3 is 2.68 bits per heavy atom. The van der Waals surface area contributed by atoms with Gasteiger partial charge in [0.2, 0.25) is 0 Å². The minimum absolute atomic E-state index is 0.130. The average Bonchev–Trinajstić information content (AvgIpc) is 2.39. The number of hydrogen-bond acceptors (Lipinski definition) is 5. The van der Waals surface area contributed by atoms with Gasteiger partial charge in [-0.15, -0.1) is 0 Å². The Labute approximate surface area is 109 Å². The van der Waals surface area contributed by atoms with Gasteiger partial charge in [-0.1, -0.05) is 6.07 Å². The third kappa shape index (κ3) is 4.35. The maximum absolute atomic E-state index is 12.3. The fourth-order valence-corrected chi connectivity index (χ4v) is 1.51. The maximum atomic E-state index is 12.3. The number of rotatable bonds is 7. The Morgan fingerprint density at radius 1 is 1.42 bits per heavy atom. The van der Waals surface area contributed by atoms with Crippen LogP contribution in [0.25, 0.3) is 0 Å². The molecule has 0 radical (unpaired) electrons. The third-order valence-electron chi connectivity index (χ3n) is 2.33. The van der Waals surface area contributed by atoms with Crippen molar-refractivity contribution in [2.75, 3.05) is 20.3 Å². The predicted molar refractivity (Wildman–Crippen MR) is 63.1 cm³/mol. The molecule has 0 saturated carbocycles. The lowest BCUT2D eigenvalue weighted by Gasteiger charge is -2.15. The molecule has 19 heavy (non-hydrogen) atoms. The fraction of sp³-hybridized carbons (Fsp3) is 0.417. The highest BCUT2D eigenvalue weighted by atomic mass is 19.3. The zero-order valence-corrected chi connectivity index (χ0v) is 10.3. The summed E-state index contributed by atoms with van der Waals surface area (Å²) in [6.07, 6.45) is 0. The molecule has 0 saturated heterocycles. The summed E-state index contributed by atoms with van der Waals surface area (Å²) < 4.78 is 33.8. The van der Waals surface area contributed by atoms with Crippen LogP contribution >= 0.6 is 0 Å². The molecule has 0 aliphatic heterocycles. The van der Waals surface area contributed by atoms with Gasteiger partial charge in [-0.3, -0.25) is 5.32 Å². The average molecular weight is 272 g/mol. The third-order valence-corrected chi connectivity index (χ3v) is 2.33. The summed E-state index contributed by atoms with van der Waals surface area (Å²) >= 11 is 0. The summed E-state index contributed by atoms with van der Waals surface area (Å²) in [5.41, 5.74) is 0.451. The van der Waals surface area contributed by atoms with E-state index in [1.807, 2.05) is 6.07 Å². The molecule has 0 fully saturated rings. The number of benzene rings is 1. The normalized spacial score (nSPS) is 12.0. The van der Waals surface area contributed by atoms with Gasteiger partial charge in [-0.2, -0.15) is 14.0 Å². The standard InChI is InChI=1S/C12H14F2N2O3/c1-18-10-3-2-8(6-11(10)19-12(13)14)9(7-15)16-4-5-17/h2-3,6,9,12,16-17H,4-5H2,1H3. The minimum Gasteiger partial charge on any atom is -0.493 e. The van der Waals surface area contributed by atoms with E-state index in [1.54, 1.807) is 6.07 Å². The number of nitrogens with one attached hydrogen (secondary N) is 1. The van der Waals surface area contributed by atoms with E-state index < -0.39 is 12.7 Å². The Morgan fingerprint density at radius 2 is 2.16 bits per heavy atom. The highest BCUT2D eigenvalue weighted by Crippen LogP contribution is 2.31. The van der Waals surface area contributed by atoms with Crippen molar-refractivity contribution >= 4 is 0 Å². The fourth-order valence-electron chi connectivity index (χ4n) is 1.51. The summed E-state index contributed by atoms with van der Waals surface area (Å²) in [5, 5.41) is 20.4. The lowest BCUT2D eigenvalue weighted by molar-refractivity contribution is -0.0512. The summed E-state index contributed by atoms with van der Waals surface area (Å²) in [5.74, 6) is 0.0175. The second-order valence-electron chi connectivity index (χ2n) is 3.53. The van der Waals surface area contributed by atoms with E-state index in [1.165, 1.54) is 19.2 Å². The number of aliphatic hydroxyl groups excluding tert-OH is 1. The number of halogens is 2. The van der Waals surface area contributed by atoms with Crippen LogP contribution in [0.1, 0.15) is 11.6 Å². The van der Waals surface area contributed by atoms with E-state index in [0.29, 0.717) is 5.56 Å². The predicted octanol–water partition coefficient (Wildman–Crippen LogP) is 1.44. The molecule has 5 nitrogen and oxygen atoms in total. The van der Waals surface area contributed by atoms with Crippen LogP contribution < -0.4 is 14.8 Å². The van der Waals surface area contributed by atoms with Gasteiger partial charge in [0.25, 0.3) is 0 Å². The van der Waals surface area contributed by atoms with Crippen LogP contribution in [0, 0.1) is 11.3 Å². The van der Waals surface area contributed by atoms with Crippen molar-refractivity contribution in [1.29, 1.82) is 5.26 Å². The first-order chi connectivity index (χ1) is 9.12. The molecule has 104 valence electrons. The monoisotopic (exact) mass is 272 g/mol. The highest BCUT2D eigenvalue weighted by molar-refractivity contribution is 5.44. The number of nitrogens with zero attached hydrogens (tertiary/aromatic N) is 1. The number of aliphatic hydroxyl groups is 1. The van der Waals surface area contributed by atoms with E-state index >= 15 is 0 Å². The molecular weight excluding hydrogens is 258 g/mol. The molecule has 1 aromatic rings. The van der Waals surface area contributed by atoms with Crippen molar-refractivity contribution in [1.82, 2.24) is 5.32 Å². The Kier molecular flexibility index (Phi) is 5.99. The van der Waals surface area contributed by atoms with E-state index in [4.69, 9.17) is 15.1 Å². The van der Waals surface area contributed by atoms with Crippen LogP contribution in [0.4, 0.5) is 8.78 Å². The smallest absolute Gasteiger partial charge is 0.387 e. The summed E-state index contributed by atoms with van der Waals surface area (Å²) in [4.78, 5) is 0. The SMILES string of the molecule is COc1ccc(C(C#N)NCCO)cc1OC(F)F. The summed E-state index contributed by atoms with van der Waals surface area (Å²) in [6.45, 7) is -2.89. The molecule has 7 heteroatoms. The van der Waals surface area contributed by atoms with Crippen LogP contribution in [0.15, 0.2) is 18.2 Å². The van der Waals surface area contributed by atoms with Crippen molar-refractivity contribution in [3.8, 4) is 17.6 Å². The van der Waals surface area contributed by atoms with E-state index in [-0.39, 0.29) is 24.7 Å². The highest BCUT2D eigenvalue weighted by Gasteiger charge is 2.15. The van der Waals surface area contributed by atoms with Crippen LogP contribution in [0.3, 0.4) is 0 Å². The second-order valence-corrected chi connectivity index (χ2v) is 3.53. The van der Waals surface area contributed by atoms with Gasteiger partial charge in [0.1, 0.15) is 6.04 Å². The van der Waals surface area contributed by atoms with E-state index in [2.05, 4.69) is 10.1 Å². The van der Waals surface area contributed by atoms with Gasteiger partial charge >= 0.3 is 6.61 Å². The van der Waals surface area contributed by atoms with Crippen molar-refractivity contribution in [2.45, 2.75) is 12.7 Å². The van der Waals surface area contributed by atoms with Gasteiger partial charge in [-0.05, 0) is 17.7 Å². The molecule has 0 aliphatic rings. The molecule has 1 aromatic carbocycles.